The second-order valence-corrected chi connectivity index (χ2v) is 5.19. The number of rotatable bonds is 1. The Morgan fingerprint density at radius 2 is 2.06 bits per heavy atom. The van der Waals surface area contributed by atoms with Gasteiger partial charge in [0.05, 0.1) is 6.54 Å². The molecule has 2 aliphatic heterocycles. The van der Waals surface area contributed by atoms with Gasteiger partial charge in [0.25, 0.3) is 5.91 Å². The molecule has 6 nitrogen and oxygen atoms in total. The standard InChI is InChI=1S/C11H19N3O3/c1-8-2-4-13(6-8)10(16)14-5-3-11(17,7-14)9(12)15/h8,17H,2-7H2,1H3,(H2,12,15). The Morgan fingerprint density at radius 1 is 1.35 bits per heavy atom. The molecule has 3 amide bonds. The van der Waals surface area contributed by atoms with Crippen LogP contribution in [0.2, 0.25) is 0 Å². The molecular formula is C11H19N3O3. The topological polar surface area (TPSA) is 86.9 Å². The van der Waals surface area contributed by atoms with Crippen LogP contribution in [0.15, 0.2) is 0 Å². The van der Waals surface area contributed by atoms with Gasteiger partial charge < -0.3 is 20.6 Å². The molecule has 0 saturated carbocycles. The van der Waals surface area contributed by atoms with Crippen LogP contribution in [0.4, 0.5) is 4.79 Å². The lowest BCUT2D eigenvalue weighted by Gasteiger charge is -2.25. The first-order valence-electron chi connectivity index (χ1n) is 5.98. The summed E-state index contributed by atoms with van der Waals surface area (Å²) >= 11 is 0. The summed E-state index contributed by atoms with van der Waals surface area (Å²) in [5.41, 5.74) is 3.59. The molecule has 0 aromatic carbocycles. The van der Waals surface area contributed by atoms with E-state index in [4.69, 9.17) is 5.73 Å². The van der Waals surface area contributed by atoms with Crippen LogP contribution in [-0.4, -0.2) is 58.6 Å². The molecule has 0 aromatic rings. The molecule has 2 atom stereocenters. The highest BCUT2D eigenvalue weighted by atomic mass is 16.3. The Hall–Kier alpha value is -1.30. The number of amides is 3. The van der Waals surface area contributed by atoms with Gasteiger partial charge in [-0.25, -0.2) is 4.79 Å². The van der Waals surface area contributed by atoms with Crippen LogP contribution in [0, 0.1) is 5.92 Å². The Labute approximate surface area is 100 Å². The molecule has 2 aliphatic rings. The van der Waals surface area contributed by atoms with E-state index in [-0.39, 0.29) is 19.0 Å². The third-order valence-electron chi connectivity index (χ3n) is 3.67. The minimum Gasteiger partial charge on any atom is -0.378 e. The molecule has 2 fully saturated rings. The van der Waals surface area contributed by atoms with Gasteiger partial charge in [-0.1, -0.05) is 6.92 Å². The Bertz CT molecular complexity index is 347. The summed E-state index contributed by atoms with van der Waals surface area (Å²) in [6, 6.07) is -0.0912. The molecule has 2 heterocycles. The number of nitrogens with zero attached hydrogens (tertiary/aromatic N) is 2. The van der Waals surface area contributed by atoms with Gasteiger partial charge in [0, 0.05) is 26.1 Å². The van der Waals surface area contributed by atoms with Crippen LogP contribution in [0.25, 0.3) is 0 Å². The number of primary amides is 1. The number of carbonyl (C=O) groups is 2. The number of urea groups is 1. The van der Waals surface area contributed by atoms with Crippen molar-refractivity contribution in [1.82, 2.24) is 9.80 Å². The van der Waals surface area contributed by atoms with Gasteiger partial charge >= 0.3 is 6.03 Å². The maximum Gasteiger partial charge on any atom is 0.320 e. The predicted octanol–water partition coefficient (Wildman–Crippen LogP) is -0.630. The largest absolute Gasteiger partial charge is 0.378 e. The fourth-order valence-corrected chi connectivity index (χ4v) is 2.47. The summed E-state index contributed by atoms with van der Waals surface area (Å²) in [6.45, 7) is 4.03. The highest BCUT2D eigenvalue weighted by Gasteiger charge is 2.44. The molecule has 0 aliphatic carbocycles. The smallest absolute Gasteiger partial charge is 0.320 e. The van der Waals surface area contributed by atoms with Gasteiger partial charge in [0.1, 0.15) is 0 Å². The lowest BCUT2D eigenvalue weighted by atomic mass is 10.0. The molecule has 3 N–H and O–H groups in total. The number of β-amino-alcohol motifs (C(OH)–C–C–N with tert-alkyl or cyclic N) is 1. The van der Waals surface area contributed by atoms with Gasteiger partial charge in [0.2, 0.25) is 0 Å². The van der Waals surface area contributed by atoms with Gasteiger partial charge in [-0.2, -0.15) is 0 Å². The van der Waals surface area contributed by atoms with E-state index in [2.05, 4.69) is 6.92 Å². The number of aliphatic hydroxyl groups is 1. The summed E-state index contributed by atoms with van der Waals surface area (Å²) in [5, 5.41) is 9.90. The van der Waals surface area contributed by atoms with E-state index in [0.29, 0.717) is 12.5 Å². The van der Waals surface area contributed by atoms with Crippen LogP contribution < -0.4 is 5.73 Å². The maximum absolute atomic E-state index is 12.1. The molecule has 17 heavy (non-hydrogen) atoms. The third kappa shape index (κ3) is 2.22. The molecule has 2 rings (SSSR count). The van der Waals surface area contributed by atoms with Crippen molar-refractivity contribution in [3.05, 3.63) is 0 Å². The van der Waals surface area contributed by atoms with Crippen LogP contribution in [-0.2, 0) is 4.79 Å². The van der Waals surface area contributed by atoms with Gasteiger partial charge in [-0.3, -0.25) is 4.79 Å². The van der Waals surface area contributed by atoms with Crippen LogP contribution in [0.1, 0.15) is 19.8 Å². The monoisotopic (exact) mass is 241 g/mol. The Kier molecular flexibility index (Phi) is 2.99. The number of likely N-dealkylation sites (tertiary alicyclic amines) is 2. The van der Waals surface area contributed by atoms with Gasteiger partial charge in [0.15, 0.2) is 5.60 Å². The Morgan fingerprint density at radius 3 is 2.53 bits per heavy atom. The predicted molar refractivity (Wildman–Crippen MR) is 61.1 cm³/mol. The first kappa shape index (κ1) is 12.2. The molecule has 96 valence electrons. The van der Waals surface area contributed by atoms with Crippen molar-refractivity contribution < 1.29 is 14.7 Å². The summed E-state index contributed by atoms with van der Waals surface area (Å²) in [7, 11) is 0. The minimum atomic E-state index is -1.54. The average molecular weight is 241 g/mol. The highest BCUT2D eigenvalue weighted by molar-refractivity contribution is 5.85. The molecule has 0 aromatic heterocycles. The van der Waals surface area contributed by atoms with E-state index < -0.39 is 11.5 Å². The van der Waals surface area contributed by atoms with E-state index in [1.165, 1.54) is 4.90 Å². The first-order chi connectivity index (χ1) is 7.92. The fraction of sp³-hybridized carbons (Fsp3) is 0.818. The normalized spacial score (nSPS) is 33.2. The first-order valence-corrected chi connectivity index (χ1v) is 5.98. The van der Waals surface area contributed by atoms with Crippen molar-refractivity contribution in [2.24, 2.45) is 11.7 Å². The molecular weight excluding hydrogens is 222 g/mol. The Balaban J connectivity index is 1.97. The summed E-state index contributed by atoms with van der Waals surface area (Å²) in [4.78, 5) is 26.5. The third-order valence-corrected chi connectivity index (χ3v) is 3.67. The number of carbonyl (C=O) groups excluding carboxylic acids is 2. The lowest BCUT2D eigenvalue weighted by Crippen LogP contribution is -2.48. The van der Waals surface area contributed by atoms with Gasteiger partial charge in [-0.05, 0) is 12.3 Å². The van der Waals surface area contributed by atoms with E-state index >= 15 is 0 Å². The number of hydrogen-bond donors (Lipinski definition) is 2. The second kappa shape index (κ2) is 4.18. The van der Waals surface area contributed by atoms with E-state index in [1.807, 2.05) is 0 Å². The lowest BCUT2D eigenvalue weighted by molar-refractivity contribution is -0.134. The molecule has 0 radical (unpaired) electrons. The fourth-order valence-electron chi connectivity index (χ4n) is 2.47. The van der Waals surface area contributed by atoms with E-state index in [1.54, 1.807) is 4.90 Å². The van der Waals surface area contributed by atoms with Gasteiger partial charge in [-0.15, -0.1) is 0 Å². The van der Waals surface area contributed by atoms with E-state index in [0.717, 1.165) is 19.5 Å². The van der Waals surface area contributed by atoms with Crippen molar-refractivity contribution in [3.63, 3.8) is 0 Å². The van der Waals surface area contributed by atoms with Crippen LogP contribution >= 0.6 is 0 Å². The molecule has 0 spiro atoms. The quantitative estimate of drug-likeness (QED) is 0.641. The van der Waals surface area contributed by atoms with Crippen LogP contribution in [0.5, 0.6) is 0 Å². The minimum absolute atomic E-state index is 0.0199. The van der Waals surface area contributed by atoms with Crippen molar-refractivity contribution in [2.45, 2.75) is 25.4 Å². The zero-order chi connectivity index (χ0) is 12.6. The van der Waals surface area contributed by atoms with Crippen molar-refractivity contribution in [3.8, 4) is 0 Å². The van der Waals surface area contributed by atoms with Crippen molar-refractivity contribution in [1.29, 1.82) is 0 Å². The molecule has 2 unspecified atom stereocenters. The summed E-state index contributed by atoms with van der Waals surface area (Å²) in [6.07, 6.45) is 1.25. The molecule has 2 saturated heterocycles. The highest BCUT2D eigenvalue weighted by Crippen LogP contribution is 2.24. The van der Waals surface area contributed by atoms with Crippen molar-refractivity contribution in [2.75, 3.05) is 26.2 Å². The zero-order valence-corrected chi connectivity index (χ0v) is 10.1. The second-order valence-electron chi connectivity index (χ2n) is 5.19. The summed E-state index contributed by atoms with van der Waals surface area (Å²) in [5.74, 6) is -0.223. The van der Waals surface area contributed by atoms with E-state index in [9.17, 15) is 14.7 Å². The molecule has 6 heteroatoms. The SMILES string of the molecule is CC1CCN(C(=O)N2CCC(O)(C(N)=O)C2)C1. The molecule has 0 bridgehead atoms. The number of nitrogens with two attached hydrogens (primary N) is 1. The van der Waals surface area contributed by atoms with Crippen molar-refractivity contribution >= 4 is 11.9 Å². The maximum atomic E-state index is 12.1. The van der Waals surface area contributed by atoms with Crippen LogP contribution in [0.3, 0.4) is 0 Å². The average Bonchev–Trinajstić information content (AvgIpc) is 2.85. The zero-order valence-electron chi connectivity index (χ0n) is 10.1. The number of hydrogen-bond acceptors (Lipinski definition) is 3. The summed E-state index contributed by atoms with van der Waals surface area (Å²) < 4.78 is 0.